The summed E-state index contributed by atoms with van der Waals surface area (Å²) in [5.41, 5.74) is 0.998. The number of nitrogens with zero attached hydrogens (tertiary/aromatic N) is 1. The Bertz CT molecular complexity index is 398. The van der Waals surface area contributed by atoms with Crippen LogP contribution in [0.4, 0.5) is 0 Å². The van der Waals surface area contributed by atoms with Crippen LogP contribution < -0.4 is 4.74 Å². The van der Waals surface area contributed by atoms with Gasteiger partial charge in [0.25, 0.3) is 0 Å². The first-order valence-corrected chi connectivity index (χ1v) is 4.79. The zero-order chi connectivity index (χ0) is 10.4. The summed E-state index contributed by atoms with van der Waals surface area (Å²) in [6, 6.07) is 9.78. The van der Waals surface area contributed by atoms with E-state index in [0.29, 0.717) is 0 Å². The number of ether oxygens (including phenoxy) is 1. The fraction of sp³-hybridized carbons (Fsp3) is 0.250. The summed E-state index contributed by atoms with van der Waals surface area (Å²) in [4.78, 5) is 4.20. The van der Waals surface area contributed by atoms with Gasteiger partial charge in [0, 0.05) is 11.6 Å². The molecule has 2 rings (SSSR count). The molecule has 0 aliphatic rings. The number of fused-ring (bicyclic) bond motifs is 1. The average Bonchev–Trinajstić information content (AvgIpc) is 2.31. The van der Waals surface area contributed by atoms with Crippen LogP contribution in [0.3, 0.4) is 0 Å². The molecule has 14 heavy (non-hydrogen) atoms. The van der Waals surface area contributed by atoms with E-state index in [9.17, 15) is 0 Å². The smallest absolute Gasteiger partial charge is 0.119 e. The van der Waals surface area contributed by atoms with E-state index in [4.69, 9.17) is 4.74 Å². The van der Waals surface area contributed by atoms with E-state index in [1.165, 1.54) is 0 Å². The Morgan fingerprint density at radius 2 is 1.93 bits per heavy atom. The van der Waals surface area contributed by atoms with Gasteiger partial charge in [0.05, 0.1) is 12.6 Å². The highest BCUT2D eigenvalue weighted by Gasteiger charge is 1.94. The standard InChI is InChI=1S/C10H9NO.C2H6/c1-12-9-4-5-10-8(7-9)3-2-6-11-10;1-2/h2-7H,1H3;1-2H3. The van der Waals surface area contributed by atoms with Gasteiger partial charge < -0.3 is 4.74 Å². The zero-order valence-corrected chi connectivity index (χ0v) is 8.82. The predicted octanol–water partition coefficient (Wildman–Crippen LogP) is 3.27. The number of rotatable bonds is 1. The van der Waals surface area contributed by atoms with E-state index < -0.39 is 0 Å². The van der Waals surface area contributed by atoms with Crippen molar-refractivity contribution in [1.29, 1.82) is 0 Å². The normalized spacial score (nSPS) is 9.07. The lowest BCUT2D eigenvalue weighted by Crippen LogP contribution is -1.82. The van der Waals surface area contributed by atoms with Gasteiger partial charge in [-0.1, -0.05) is 19.9 Å². The minimum absolute atomic E-state index is 0.871. The maximum Gasteiger partial charge on any atom is 0.119 e. The molecule has 0 saturated heterocycles. The number of hydrogen-bond donors (Lipinski definition) is 0. The molecule has 0 saturated carbocycles. The van der Waals surface area contributed by atoms with Crippen LogP contribution in [0.1, 0.15) is 13.8 Å². The Labute approximate surface area is 84.5 Å². The molecule has 0 aliphatic carbocycles. The summed E-state index contributed by atoms with van der Waals surface area (Å²) >= 11 is 0. The Morgan fingerprint density at radius 1 is 1.14 bits per heavy atom. The molecule has 0 N–H and O–H groups in total. The van der Waals surface area contributed by atoms with Crippen molar-refractivity contribution >= 4 is 10.9 Å². The van der Waals surface area contributed by atoms with Crippen LogP contribution in [0.15, 0.2) is 36.5 Å². The fourth-order valence-electron chi connectivity index (χ4n) is 1.18. The SMILES string of the molecule is CC.COc1ccc2ncccc2c1. The number of aromatic nitrogens is 1. The number of hydrogen-bond acceptors (Lipinski definition) is 2. The van der Waals surface area contributed by atoms with Crippen LogP contribution in [0.25, 0.3) is 10.9 Å². The van der Waals surface area contributed by atoms with Crippen molar-refractivity contribution in [1.82, 2.24) is 4.98 Å². The molecular formula is C12H15NO. The maximum atomic E-state index is 5.09. The van der Waals surface area contributed by atoms with E-state index in [0.717, 1.165) is 16.7 Å². The molecule has 1 heterocycles. The molecule has 2 nitrogen and oxygen atoms in total. The summed E-state index contributed by atoms with van der Waals surface area (Å²) in [5, 5.41) is 1.11. The van der Waals surface area contributed by atoms with Crippen molar-refractivity contribution in [3.05, 3.63) is 36.5 Å². The molecule has 0 spiro atoms. The second-order valence-corrected chi connectivity index (χ2v) is 2.56. The monoisotopic (exact) mass is 189 g/mol. The van der Waals surface area contributed by atoms with Crippen molar-refractivity contribution in [2.75, 3.05) is 7.11 Å². The van der Waals surface area contributed by atoms with E-state index in [2.05, 4.69) is 4.98 Å². The highest BCUT2D eigenvalue weighted by molar-refractivity contribution is 5.79. The van der Waals surface area contributed by atoms with Gasteiger partial charge in [0.15, 0.2) is 0 Å². The van der Waals surface area contributed by atoms with Gasteiger partial charge in [0.1, 0.15) is 5.75 Å². The van der Waals surface area contributed by atoms with Gasteiger partial charge in [-0.25, -0.2) is 0 Å². The molecule has 2 heteroatoms. The molecule has 0 bridgehead atoms. The third-order valence-electron chi connectivity index (χ3n) is 1.81. The molecule has 2 aromatic rings. The summed E-state index contributed by atoms with van der Waals surface area (Å²) in [7, 11) is 1.66. The largest absolute Gasteiger partial charge is 0.497 e. The Hall–Kier alpha value is -1.57. The van der Waals surface area contributed by atoms with Crippen LogP contribution in [-0.4, -0.2) is 12.1 Å². The van der Waals surface area contributed by atoms with E-state index >= 15 is 0 Å². The lowest BCUT2D eigenvalue weighted by molar-refractivity contribution is 0.415. The molecule has 0 aliphatic heterocycles. The average molecular weight is 189 g/mol. The molecule has 0 fully saturated rings. The van der Waals surface area contributed by atoms with Crippen molar-refractivity contribution in [3.63, 3.8) is 0 Å². The molecule has 0 atom stereocenters. The molecular weight excluding hydrogens is 174 g/mol. The molecule has 0 radical (unpaired) electrons. The third-order valence-corrected chi connectivity index (χ3v) is 1.81. The van der Waals surface area contributed by atoms with Crippen LogP contribution in [0.2, 0.25) is 0 Å². The zero-order valence-electron chi connectivity index (χ0n) is 8.82. The highest BCUT2D eigenvalue weighted by atomic mass is 16.5. The first-order chi connectivity index (χ1) is 6.90. The third kappa shape index (κ3) is 2.22. The second-order valence-electron chi connectivity index (χ2n) is 2.56. The highest BCUT2D eigenvalue weighted by Crippen LogP contribution is 2.17. The molecule has 0 amide bonds. The molecule has 0 unspecified atom stereocenters. The van der Waals surface area contributed by atoms with Gasteiger partial charge >= 0.3 is 0 Å². The van der Waals surface area contributed by atoms with Gasteiger partial charge in [-0.15, -0.1) is 0 Å². The molecule has 1 aromatic heterocycles. The summed E-state index contributed by atoms with van der Waals surface area (Å²) in [5.74, 6) is 0.871. The first-order valence-electron chi connectivity index (χ1n) is 4.79. The van der Waals surface area contributed by atoms with Gasteiger partial charge in [0.2, 0.25) is 0 Å². The van der Waals surface area contributed by atoms with Crippen molar-refractivity contribution < 1.29 is 4.74 Å². The lowest BCUT2D eigenvalue weighted by atomic mass is 10.2. The van der Waals surface area contributed by atoms with Gasteiger partial charge in [-0.3, -0.25) is 4.98 Å². The summed E-state index contributed by atoms with van der Waals surface area (Å²) < 4.78 is 5.09. The van der Waals surface area contributed by atoms with Crippen LogP contribution in [-0.2, 0) is 0 Å². The minimum Gasteiger partial charge on any atom is -0.497 e. The lowest BCUT2D eigenvalue weighted by Gasteiger charge is -2.00. The second kappa shape index (κ2) is 5.22. The predicted molar refractivity (Wildman–Crippen MR) is 59.6 cm³/mol. The topological polar surface area (TPSA) is 22.1 Å². The van der Waals surface area contributed by atoms with E-state index in [1.54, 1.807) is 13.3 Å². The van der Waals surface area contributed by atoms with Crippen molar-refractivity contribution in [3.8, 4) is 5.75 Å². The van der Waals surface area contributed by atoms with E-state index in [-0.39, 0.29) is 0 Å². The van der Waals surface area contributed by atoms with Crippen molar-refractivity contribution in [2.24, 2.45) is 0 Å². The number of benzene rings is 1. The quantitative estimate of drug-likeness (QED) is 0.686. The fourth-order valence-corrected chi connectivity index (χ4v) is 1.18. The van der Waals surface area contributed by atoms with Crippen LogP contribution in [0, 0.1) is 0 Å². The maximum absolute atomic E-state index is 5.09. The Balaban J connectivity index is 0.000000461. The molecule has 1 aromatic carbocycles. The van der Waals surface area contributed by atoms with Gasteiger partial charge in [-0.05, 0) is 24.3 Å². The summed E-state index contributed by atoms with van der Waals surface area (Å²) in [6.45, 7) is 4.00. The van der Waals surface area contributed by atoms with Crippen LogP contribution in [0.5, 0.6) is 5.75 Å². The summed E-state index contributed by atoms with van der Waals surface area (Å²) in [6.07, 6.45) is 1.79. The molecule has 74 valence electrons. The van der Waals surface area contributed by atoms with E-state index in [1.807, 2.05) is 44.2 Å². The number of methoxy groups -OCH3 is 1. The minimum atomic E-state index is 0.871. The first kappa shape index (κ1) is 10.5. The Morgan fingerprint density at radius 3 is 2.64 bits per heavy atom. The van der Waals surface area contributed by atoms with Gasteiger partial charge in [-0.2, -0.15) is 0 Å². The van der Waals surface area contributed by atoms with Crippen molar-refractivity contribution in [2.45, 2.75) is 13.8 Å². The number of pyridine rings is 1. The van der Waals surface area contributed by atoms with Crippen LogP contribution >= 0.6 is 0 Å². The Kier molecular flexibility index (Phi) is 3.92.